The average molecular weight is 253 g/mol. The summed E-state index contributed by atoms with van der Waals surface area (Å²) in [5.41, 5.74) is 0. The van der Waals surface area contributed by atoms with Crippen LogP contribution in [0.15, 0.2) is 0 Å². The van der Waals surface area contributed by atoms with Crippen LogP contribution in [0.4, 0.5) is 0 Å². The van der Waals surface area contributed by atoms with E-state index < -0.39 is 15.6 Å². The molecular formula is FeNaO7P2-. The summed E-state index contributed by atoms with van der Waals surface area (Å²) in [4.78, 5) is 37.3. The minimum absolute atomic E-state index is 0. The molecule has 0 bridgehead atoms. The molecule has 0 fully saturated rings. The summed E-state index contributed by atoms with van der Waals surface area (Å²) in [5, 5.41) is 0. The Bertz CT molecular complexity index is 157. The number of phosphoric acid groups is 2. The van der Waals surface area contributed by atoms with Gasteiger partial charge in [0.25, 0.3) is 0 Å². The van der Waals surface area contributed by atoms with Crippen molar-refractivity contribution < 1.29 is 79.6 Å². The van der Waals surface area contributed by atoms with Gasteiger partial charge in [-0.2, -0.15) is 0 Å². The molecule has 0 aliphatic carbocycles. The van der Waals surface area contributed by atoms with Crippen molar-refractivity contribution in [3.8, 4) is 0 Å². The molecule has 0 saturated carbocycles. The molecule has 11 heteroatoms. The summed E-state index contributed by atoms with van der Waals surface area (Å²) in [6, 6.07) is 0. The first-order chi connectivity index (χ1) is 3.71. The zero-order chi connectivity index (χ0) is 7.71. The summed E-state index contributed by atoms with van der Waals surface area (Å²) >= 11 is 0. The molecule has 0 aromatic heterocycles. The van der Waals surface area contributed by atoms with Crippen molar-refractivity contribution in [3.05, 3.63) is 0 Å². The smallest absolute Gasteiger partial charge is 0.790 e. The number of hydrogen-bond acceptors (Lipinski definition) is 7. The molecule has 0 atom stereocenters. The van der Waals surface area contributed by atoms with E-state index in [9.17, 15) is 28.7 Å². The van der Waals surface area contributed by atoms with Crippen LogP contribution in [0.3, 0.4) is 0 Å². The van der Waals surface area contributed by atoms with Crippen LogP contribution in [0, 0.1) is 0 Å². The summed E-state index contributed by atoms with van der Waals surface area (Å²) in [5.74, 6) is 0. The monoisotopic (exact) mass is 253 g/mol. The van der Waals surface area contributed by atoms with E-state index in [1.54, 1.807) is 0 Å². The van der Waals surface area contributed by atoms with Gasteiger partial charge in [-0.05, 0) is 0 Å². The molecule has 0 unspecified atom stereocenters. The largest absolute Gasteiger partial charge is 2.00 e. The van der Waals surface area contributed by atoms with E-state index in [0.29, 0.717) is 0 Å². The third-order valence-electron chi connectivity index (χ3n) is 0.200. The molecule has 0 saturated heterocycles. The van der Waals surface area contributed by atoms with E-state index in [0.717, 1.165) is 0 Å². The first kappa shape index (κ1) is 18.5. The normalized spacial score (nSPS) is 11.3. The minimum atomic E-state index is -5.68. The second-order valence-corrected chi connectivity index (χ2v) is 3.42. The van der Waals surface area contributed by atoms with Crippen molar-refractivity contribution in [2.75, 3.05) is 0 Å². The van der Waals surface area contributed by atoms with E-state index in [1.165, 1.54) is 0 Å². The Morgan fingerprint density at radius 2 is 1.09 bits per heavy atom. The van der Waals surface area contributed by atoms with Gasteiger partial charge in [-0.15, -0.1) is 0 Å². The van der Waals surface area contributed by atoms with Gasteiger partial charge in [-0.1, -0.05) is 0 Å². The Hall–Kier alpha value is 1.78. The van der Waals surface area contributed by atoms with E-state index >= 15 is 0 Å². The Labute approximate surface area is 94.8 Å². The molecule has 0 N–H and O–H groups in total. The first-order valence-electron chi connectivity index (χ1n) is 1.46. The molecule has 0 radical (unpaired) electrons. The Balaban J connectivity index is -0.000000320. The molecule has 0 aliphatic heterocycles. The summed E-state index contributed by atoms with van der Waals surface area (Å²) in [6.45, 7) is 0. The van der Waals surface area contributed by atoms with Crippen molar-refractivity contribution in [1.29, 1.82) is 0 Å². The maximum atomic E-state index is 9.32. The second kappa shape index (κ2) is 6.27. The fourth-order valence-electron chi connectivity index (χ4n) is 0.122. The van der Waals surface area contributed by atoms with E-state index in [-0.39, 0.29) is 46.6 Å². The molecule has 62 valence electrons. The SMILES string of the molecule is O=P([O-])([O-])OP(=O)([O-])[O-].[Fe+2].[Na+]. The van der Waals surface area contributed by atoms with Crippen LogP contribution in [-0.2, 0) is 30.5 Å². The van der Waals surface area contributed by atoms with Crippen molar-refractivity contribution in [3.63, 3.8) is 0 Å². The zero-order valence-corrected chi connectivity index (χ0v) is 10.00. The predicted octanol–water partition coefficient (Wildman–Crippen LogP) is -6.34. The number of rotatable bonds is 2. The summed E-state index contributed by atoms with van der Waals surface area (Å²) < 4.78 is 21.2. The van der Waals surface area contributed by atoms with E-state index in [2.05, 4.69) is 4.31 Å². The fourth-order valence-corrected chi connectivity index (χ4v) is 1.10. The quantitative estimate of drug-likeness (QED) is 0.352. The molecule has 0 aromatic rings. The Morgan fingerprint density at radius 1 is 0.909 bits per heavy atom. The molecule has 0 heterocycles. The fraction of sp³-hybridized carbons (Fsp3) is 0. The van der Waals surface area contributed by atoms with Crippen molar-refractivity contribution in [2.45, 2.75) is 0 Å². The van der Waals surface area contributed by atoms with Crippen molar-refractivity contribution in [1.82, 2.24) is 0 Å². The van der Waals surface area contributed by atoms with Crippen LogP contribution in [0.5, 0.6) is 0 Å². The van der Waals surface area contributed by atoms with E-state index in [1.807, 2.05) is 0 Å². The maximum absolute atomic E-state index is 9.32. The minimum Gasteiger partial charge on any atom is -0.790 e. The van der Waals surface area contributed by atoms with Crippen LogP contribution in [0.2, 0.25) is 0 Å². The molecular weight excluding hydrogens is 253 g/mol. The van der Waals surface area contributed by atoms with Gasteiger partial charge in [0.2, 0.25) is 0 Å². The predicted molar refractivity (Wildman–Crippen MR) is 16.3 cm³/mol. The Kier molecular flexibility index (Phi) is 10.6. The zero-order valence-electron chi connectivity index (χ0n) is 5.11. The van der Waals surface area contributed by atoms with Gasteiger partial charge in [-0.3, -0.25) is 0 Å². The van der Waals surface area contributed by atoms with Crippen LogP contribution in [0.1, 0.15) is 0 Å². The topological polar surface area (TPSA) is 136 Å². The molecule has 11 heavy (non-hydrogen) atoms. The van der Waals surface area contributed by atoms with Gasteiger partial charge in [0, 0.05) is 0 Å². The summed E-state index contributed by atoms with van der Waals surface area (Å²) in [6.07, 6.45) is 0. The molecule has 0 spiro atoms. The third kappa shape index (κ3) is 18.6. The molecule has 0 rings (SSSR count). The first-order valence-corrected chi connectivity index (χ1v) is 4.38. The third-order valence-corrected chi connectivity index (χ3v) is 1.80. The van der Waals surface area contributed by atoms with Gasteiger partial charge in [0.15, 0.2) is 0 Å². The van der Waals surface area contributed by atoms with Crippen LogP contribution in [-0.4, -0.2) is 0 Å². The van der Waals surface area contributed by atoms with Crippen LogP contribution < -0.4 is 49.1 Å². The second-order valence-electron chi connectivity index (χ2n) is 0.976. The van der Waals surface area contributed by atoms with Crippen LogP contribution >= 0.6 is 15.6 Å². The molecule has 0 amide bonds. The van der Waals surface area contributed by atoms with Crippen molar-refractivity contribution in [2.24, 2.45) is 0 Å². The number of hydrogen-bond donors (Lipinski definition) is 0. The van der Waals surface area contributed by atoms with Gasteiger partial charge in [0.1, 0.15) is 0 Å². The van der Waals surface area contributed by atoms with Crippen LogP contribution in [0.25, 0.3) is 0 Å². The van der Waals surface area contributed by atoms with Gasteiger partial charge in [-0.25, -0.2) is 0 Å². The standard InChI is InChI=1S/Fe.Na.H4O7P2/c;;1-8(2,3)7-9(4,5)6/h;;(H2,1,2,3)(H2,4,5,6)/q+2;+1;/p-4. The van der Waals surface area contributed by atoms with Gasteiger partial charge in [0.05, 0.1) is 15.6 Å². The Morgan fingerprint density at radius 3 is 1.09 bits per heavy atom. The van der Waals surface area contributed by atoms with Gasteiger partial charge >= 0.3 is 46.6 Å². The maximum Gasteiger partial charge on any atom is 2.00 e. The molecule has 7 nitrogen and oxygen atoms in total. The van der Waals surface area contributed by atoms with E-state index in [4.69, 9.17) is 0 Å². The average Bonchev–Trinajstić information content (AvgIpc) is 1.14. The molecule has 0 aromatic carbocycles. The van der Waals surface area contributed by atoms with Crippen molar-refractivity contribution >= 4 is 15.6 Å². The van der Waals surface area contributed by atoms with Gasteiger partial charge < -0.3 is 33.0 Å². The summed E-state index contributed by atoms with van der Waals surface area (Å²) in [7, 11) is -11.4. The molecule has 0 aliphatic rings.